The zero-order valence-corrected chi connectivity index (χ0v) is 16.9. The summed E-state index contributed by atoms with van der Waals surface area (Å²) >= 11 is 0. The van der Waals surface area contributed by atoms with E-state index in [1.165, 1.54) is 7.11 Å². The molecule has 2 aromatic carbocycles. The average Bonchev–Trinajstić information content (AvgIpc) is 3.17. The Morgan fingerprint density at radius 3 is 2.69 bits per heavy atom. The third-order valence-electron chi connectivity index (χ3n) is 5.44. The Morgan fingerprint density at radius 2 is 2.07 bits per heavy atom. The van der Waals surface area contributed by atoms with Gasteiger partial charge in [0, 0.05) is 12.0 Å². The minimum atomic E-state index is -0.612. The van der Waals surface area contributed by atoms with Crippen molar-refractivity contribution in [3.8, 4) is 17.2 Å². The van der Waals surface area contributed by atoms with Crippen LogP contribution in [0, 0.1) is 18.3 Å². The van der Waals surface area contributed by atoms with E-state index in [0.717, 1.165) is 22.4 Å². The van der Waals surface area contributed by atoms with Gasteiger partial charge in [0.1, 0.15) is 7.11 Å². The van der Waals surface area contributed by atoms with E-state index in [4.69, 9.17) is 4.84 Å². The number of amides is 1. The standard InChI is InChI=1S/C23H25N3O3/c1-4-22(27)21-12-19(25-29-3)14-26(21)23(28)17-10-8-16(9-11-17)20-7-5-6-18(13-24)15(20)2/h5-11,21-22,27H,4,12,14H2,1-3H3/b25-19-/t21-,22?/m0/s1. The molecule has 0 saturated carbocycles. The van der Waals surface area contributed by atoms with Crippen molar-refractivity contribution in [2.24, 2.45) is 5.16 Å². The van der Waals surface area contributed by atoms with Gasteiger partial charge in [-0.05, 0) is 48.2 Å². The molecule has 0 radical (unpaired) electrons. The number of carbonyl (C=O) groups is 1. The lowest BCUT2D eigenvalue weighted by molar-refractivity contribution is 0.0479. The zero-order valence-electron chi connectivity index (χ0n) is 16.9. The van der Waals surface area contributed by atoms with Crippen LogP contribution in [0.5, 0.6) is 0 Å². The molecular weight excluding hydrogens is 366 g/mol. The molecule has 0 bridgehead atoms. The molecule has 0 aromatic heterocycles. The predicted octanol–water partition coefficient (Wildman–Crippen LogP) is 3.52. The number of hydrogen-bond acceptors (Lipinski definition) is 5. The molecular formula is C23H25N3O3. The highest BCUT2D eigenvalue weighted by Crippen LogP contribution is 2.27. The predicted molar refractivity (Wildman–Crippen MR) is 112 cm³/mol. The summed E-state index contributed by atoms with van der Waals surface area (Å²) in [6.45, 7) is 4.16. The number of benzene rings is 2. The first-order chi connectivity index (χ1) is 14.0. The third kappa shape index (κ3) is 4.15. The molecule has 2 atom stereocenters. The number of nitrogens with zero attached hydrogens (tertiary/aromatic N) is 3. The molecule has 1 aliphatic rings. The van der Waals surface area contributed by atoms with Gasteiger partial charge in [0.15, 0.2) is 0 Å². The number of hydrogen-bond donors (Lipinski definition) is 1. The minimum absolute atomic E-state index is 0.141. The van der Waals surface area contributed by atoms with Crippen LogP contribution in [0.2, 0.25) is 0 Å². The number of aliphatic hydroxyl groups excluding tert-OH is 1. The molecule has 150 valence electrons. The first-order valence-electron chi connectivity index (χ1n) is 9.68. The fourth-order valence-electron chi connectivity index (χ4n) is 3.79. The van der Waals surface area contributed by atoms with Gasteiger partial charge in [-0.3, -0.25) is 4.79 Å². The second-order valence-electron chi connectivity index (χ2n) is 7.19. The molecule has 1 saturated heterocycles. The third-order valence-corrected chi connectivity index (χ3v) is 5.44. The van der Waals surface area contributed by atoms with Crippen molar-refractivity contribution in [2.75, 3.05) is 13.7 Å². The van der Waals surface area contributed by atoms with E-state index in [1.807, 2.05) is 38.1 Å². The molecule has 1 aliphatic heterocycles. The largest absolute Gasteiger partial charge is 0.399 e. The van der Waals surface area contributed by atoms with E-state index in [0.29, 0.717) is 30.5 Å². The fraction of sp³-hybridized carbons (Fsp3) is 0.348. The van der Waals surface area contributed by atoms with Crippen LogP contribution in [0.1, 0.15) is 41.3 Å². The van der Waals surface area contributed by atoms with E-state index in [9.17, 15) is 15.2 Å². The first kappa shape index (κ1) is 20.6. The maximum atomic E-state index is 13.1. The van der Waals surface area contributed by atoms with Crippen molar-refractivity contribution < 1.29 is 14.7 Å². The number of rotatable bonds is 5. The summed E-state index contributed by atoms with van der Waals surface area (Å²) in [5.74, 6) is -0.141. The van der Waals surface area contributed by atoms with Crippen LogP contribution in [0.15, 0.2) is 47.6 Å². The highest BCUT2D eigenvalue weighted by molar-refractivity contribution is 6.00. The van der Waals surface area contributed by atoms with Crippen molar-refractivity contribution >= 4 is 11.6 Å². The van der Waals surface area contributed by atoms with Crippen molar-refractivity contribution in [3.05, 3.63) is 59.2 Å². The molecule has 1 heterocycles. The molecule has 2 aromatic rings. The maximum absolute atomic E-state index is 13.1. The normalized spacial score (nSPS) is 18.5. The fourth-order valence-corrected chi connectivity index (χ4v) is 3.79. The van der Waals surface area contributed by atoms with Gasteiger partial charge in [0.25, 0.3) is 5.91 Å². The highest BCUT2D eigenvalue weighted by atomic mass is 16.6. The van der Waals surface area contributed by atoms with Gasteiger partial charge in [0.05, 0.1) is 36.0 Å². The van der Waals surface area contributed by atoms with Crippen molar-refractivity contribution in [3.63, 3.8) is 0 Å². The molecule has 1 N–H and O–H groups in total. The van der Waals surface area contributed by atoms with Crippen LogP contribution in [0.4, 0.5) is 0 Å². The van der Waals surface area contributed by atoms with Crippen molar-refractivity contribution in [1.29, 1.82) is 5.26 Å². The summed E-state index contributed by atoms with van der Waals surface area (Å²) in [6.07, 6.45) is 0.453. The minimum Gasteiger partial charge on any atom is -0.399 e. The Hall–Kier alpha value is -3.17. The highest BCUT2D eigenvalue weighted by Gasteiger charge is 2.37. The van der Waals surface area contributed by atoms with Crippen LogP contribution in [0.3, 0.4) is 0 Å². The van der Waals surface area contributed by atoms with E-state index in [2.05, 4.69) is 11.2 Å². The molecule has 1 amide bonds. The molecule has 1 unspecified atom stereocenters. The summed E-state index contributed by atoms with van der Waals surface area (Å²) in [5, 5.41) is 23.6. The van der Waals surface area contributed by atoms with Crippen LogP contribution < -0.4 is 0 Å². The monoisotopic (exact) mass is 391 g/mol. The van der Waals surface area contributed by atoms with Crippen LogP contribution in [-0.4, -0.2) is 47.4 Å². The van der Waals surface area contributed by atoms with Crippen LogP contribution >= 0.6 is 0 Å². The number of nitriles is 1. The van der Waals surface area contributed by atoms with Gasteiger partial charge in [0.2, 0.25) is 0 Å². The summed E-state index contributed by atoms with van der Waals surface area (Å²) < 4.78 is 0. The maximum Gasteiger partial charge on any atom is 0.254 e. The van der Waals surface area contributed by atoms with Gasteiger partial charge in [-0.25, -0.2) is 0 Å². The van der Waals surface area contributed by atoms with Crippen molar-refractivity contribution in [1.82, 2.24) is 4.90 Å². The second kappa shape index (κ2) is 8.89. The topological polar surface area (TPSA) is 85.9 Å². The summed E-state index contributed by atoms with van der Waals surface area (Å²) in [4.78, 5) is 19.6. The lowest BCUT2D eigenvalue weighted by Gasteiger charge is -2.27. The lowest BCUT2D eigenvalue weighted by Crippen LogP contribution is -2.42. The van der Waals surface area contributed by atoms with Crippen LogP contribution in [0.25, 0.3) is 11.1 Å². The summed E-state index contributed by atoms with van der Waals surface area (Å²) in [6, 6.07) is 14.9. The molecule has 0 spiro atoms. The average molecular weight is 391 g/mol. The lowest BCUT2D eigenvalue weighted by atomic mass is 9.96. The Labute approximate surface area is 171 Å². The quantitative estimate of drug-likeness (QED) is 0.790. The number of aliphatic hydroxyl groups is 1. The van der Waals surface area contributed by atoms with E-state index < -0.39 is 6.10 Å². The van der Waals surface area contributed by atoms with Gasteiger partial charge in [-0.15, -0.1) is 0 Å². The van der Waals surface area contributed by atoms with Gasteiger partial charge >= 0.3 is 0 Å². The Kier molecular flexibility index (Phi) is 6.30. The van der Waals surface area contributed by atoms with Crippen LogP contribution in [-0.2, 0) is 4.84 Å². The number of likely N-dealkylation sites (tertiary alicyclic amines) is 1. The van der Waals surface area contributed by atoms with Gasteiger partial charge in [-0.2, -0.15) is 5.26 Å². The molecule has 6 heteroatoms. The molecule has 6 nitrogen and oxygen atoms in total. The molecule has 1 fully saturated rings. The summed E-state index contributed by atoms with van der Waals surface area (Å²) in [7, 11) is 1.48. The Bertz CT molecular complexity index is 960. The Morgan fingerprint density at radius 1 is 1.34 bits per heavy atom. The SMILES string of the molecule is CCC(O)[C@@H]1C/C(=N/OC)CN1C(=O)c1ccc(-c2cccc(C#N)c2C)cc1. The molecule has 3 rings (SSSR count). The van der Waals surface area contributed by atoms with E-state index in [-0.39, 0.29) is 11.9 Å². The smallest absolute Gasteiger partial charge is 0.254 e. The first-order valence-corrected chi connectivity index (χ1v) is 9.68. The molecule has 29 heavy (non-hydrogen) atoms. The summed E-state index contributed by atoms with van der Waals surface area (Å²) in [5.41, 5.74) is 4.78. The van der Waals surface area contributed by atoms with Gasteiger partial charge in [-0.1, -0.05) is 36.3 Å². The Balaban J connectivity index is 1.87. The van der Waals surface area contributed by atoms with E-state index >= 15 is 0 Å². The number of oxime groups is 1. The van der Waals surface area contributed by atoms with E-state index in [1.54, 1.807) is 23.1 Å². The molecule has 0 aliphatic carbocycles. The van der Waals surface area contributed by atoms with Gasteiger partial charge < -0.3 is 14.8 Å². The number of carbonyl (C=O) groups excluding carboxylic acids is 1. The van der Waals surface area contributed by atoms with Crippen molar-refractivity contribution in [2.45, 2.75) is 38.8 Å². The zero-order chi connectivity index (χ0) is 21.0. The second-order valence-corrected chi connectivity index (χ2v) is 7.19.